The van der Waals surface area contributed by atoms with Crippen molar-refractivity contribution in [3.63, 3.8) is 0 Å². The van der Waals surface area contributed by atoms with Crippen LogP contribution < -0.4 is 4.90 Å². The Hall–Kier alpha value is -1.31. The Kier molecular flexibility index (Phi) is 8.12. The highest BCUT2D eigenvalue weighted by Gasteiger charge is 2.16. The van der Waals surface area contributed by atoms with E-state index in [0.717, 1.165) is 18.8 Å². The molecule has 1 fully saturated rings. The van der Waals surface area contributed by atoms with Crippen LogP contribution >= 0.6 is 0 Å². The van der Waals surface area contributed by atoms with Crippen molar-refractivity contribution < 1.29 is 0 Å². The fourth-order valence-electron chi connectivity index (χ4n) is 1.63. The summed E-state index contributed by atoms with van der Waals surface area (Å²) in [6, 6.07) is 4.15. The molecule has 0 radical (unpaired) electrons. The number of rotatable bonds is 1. The van der Waals surface area contributed by atoms with Gasteiger partial charge in [0.05, 0.1) is 0 Å². The lowest BCUT2D eigenvalue weighted by molar-refractivity contribution is 0.944. The number of hydrogen-bond acceptors (Lipinski definition) is 2. The highest BCUT2D eigenvalue weighted by molar-refractivity contribution is 5.47. The maximum atomic E-state index is 4.38. The minimum atomic E-state index is 1.04. The first-order valence-electron chi connectivity index (χ1n) is 6.65. The Bertz CT molecular complexity index is 314. The molecular formula is C15H26N2. The molecule has 1 aromatic rings. The van der Waals surface area contributed by atoms with E-state index in [1.165, 1.54) is 17.7 Å². The van der Waals surface area contributed by atoms with Crippen LogP contribution in [0.2, 0.25) is 0 Å². The standard InChI is InChI=1S/C11H14N2.2C2H6/c1-9-5-6-11(12-8-9)13-7-3-4-10(13)2;2*1-2/h5-6,8H,2-4,7H2,1H3;2*1-2H3. The molecule has 0 unspecified atom stereocenters. The van der Waals surface area contributed by atoms with Crippen LogP contribution in [-0.4, -0.2) is 11.5 Å². The van der Waals surface area contributed by atoms with Gasteiger partial charge in [0, 0.05) is 18.4 Å². The van der Waals surface area contributed by atoms with Crippen LogP contribution in [0.25, 0.3) is 0 Å². The normalized spacial score (nSPS) is 13.5. The number of nitrogens with zero attached hydrogens (tertiary/aromatic N) is 2. The van der Waals surface area contributed by atoms with Gasteiger partial charge in [0.1, 0.15) is 5.82 Å². The summed E-state index contributed by atoms with van der Waals surface area (Å²) >= 11 is 0. The topological polar surface area (TPSA) is 16.1 Å². The Labute approximate surface area is 106 Å². The van der Waals surface area contributed by atoms with E-state index in [9.17, 15) is 0 Å². The first kappa shape index (κ1) is 15.7. The van der Waals surface area contributed by atoms with E-state index in [0.29, 0.717) is 0 Å². The lowest BCUT2D eigenvalue weighted by Crippen LogP contribution is -2.16. The molecule has 2 heteroatoms. The number of hydrogen-bond donors (Lipinski definition) is 0. The molecule has 1 aliphatic rings. The number of aromatic nitrogens is 1. The molecule has 0 amide bonds. The molecule has 96 valence electrons. The summed E-state index contributed by atoms with van der Waals surface area (Å²) in [4.78, 5) is 6.57. The minimum absolute atomic E-state index is 1.04. The molecular weight excluding hydrogens is 208 g/mol. The fraction of sp³-hybridized carbons (Fsp3) is 0.533. The van der Waals surface area contributed by atoms with Crippen molar-refractivity contribution in [3.05, 3.63) is 36.2 Å². The zero-order valence-electron chi connectivity index (χ0n) is 12.0. The lowest BCUT2D eigenvalue weighted by atomic mass is 10.3. The predicted molar refractivity (Wildman–Crippen MR) is 77.4 cm³/mol. The zero-order chi connectivity index (χ0) is 13.3. The number of allylic oxidation sites excluding steroid dienone is 1. The summed E-state index contributed by atoms with van der Waals surface area (Å²) < 4.78 is 0. The van der Waals surface area contributed by atoms with Crippen LogP contribution in [0.4, 0.5) is 5.82 Å². The van der Waals surface area contributed by atoms with Gasteiger partial charge in [-0.2, -0.15) is 0 Å². The maximum absolute atomic E-state index is 4.38. The van der Waals surface area contributed by atoms with Gasteiger partial charge >= 0.3 is 0 Å². The lowest BCUT2D eigenvalue weighted by Gasteiger charge is -2.17. The van der Waals surface area contributed by atoms with Crippen LogP contribution in [0, 0.1) is 6.92 Å². The Morgan fingerprint density at radius 2 is 1.82 bits per heavy atom. The third-order valence-electron chi connectivity index (χ3n) is 2.40. The Balaban J connectivity index is 0.000000581. The first-order valence-corrected chi connectivity index (χ1v) is 6.65. The number of pyridine rings is 1. The van der Waals surface area contributed by atoms with E-state index in [1.807, 2.05) is 33.9 Å². The summed E-state index contributed by atoms with van der Waals surface area (Å²) in [6.07, 6.45) is 4.21. The molecule has 1 saturated heterocycles. The summed E-state index contributed by atoms with van der Waals surface area (Å²) in [5.74, 6) is 1.04. The summed E-state index contributed by atoms with van der Waals surface area (Å²) in [5, 5.41) is 0. The zero-order valence-corrected chi connectivity index (χ0v) is 12.0. The van der Waals surface area contributed by atoms with Crippen molar-refractivity contribution >= 4 is 5.82 Å². The molecule has 0 aromatic carbocycles. The van der Waals surface area contributed by atoms with E-state index in [2.05, 4.69) is 35.5 Å². The molecule has 2 nitrogen and oxygen atoms in total. The highest BCUT2D eigenvalue weighted by atomic mass is 15.2. The van der Waals surface area contributed by atoms with Crippen LogP contribution in [0.3, 0.4) is 0 Å². The molecule has 0 aliphatic carbocycles. The van der Waals surface area contributed by atoms with Crippen LogP contribution in [0.5, 0.6) is 0 Å². The van der Waals surface area contributed by atoms with Crippen molar-refractivity contribution in [2.24, 2.45) is 0 Å². The van der Waals surface area contributed by atoms with E-state index in [4.69, 9.17) is 0 Å². The van der Waals surface area contributed by atoms with Gasteiger partial charge in [0.15, 0.2) is 0 Å². The first-order chi connectivity index (χ1) is 8.27. The molecule has 0 bridgehead atoms. The van der Waals surface area contributed by atoms with Gasteiger partial charge in [-0.1, -0.05) is 40.3 Å². The molecule has 0 atom stereocenters. The van der Waals surface area contributed by atoms with Gasteiger partial charge in [-0.15, -0.1) is 0 Å². The third kappa shape index (κ3) is 4.59. The van der Waals surface area contributed by atoms with Crippen LogP contribution in [-0.2, 0) is 0 Å². The summed E-state index contributed by atoms with van der Waals surface area (Å²) in [7, 11) is 0. The Morgan fingerprint density at radius 1 is 1.18 bits per heavy atom. The quantitative estimate of drug-likeness (QED) is 0.708. The summed E-state index contributed by atoms with van der Waals surface area (Å²) in [6.45, 7) is 15.1. The van der Waals surface area contributed by atoms with Crippen LogP contribution in [0.15, 0.2) is 30.6 Å². The van der Waals surface area contributed by atoms with Gasteiger partial charge in [0.25, 0.3) is 0 Å². The molecule has 17 heavy (non-hydrogen) atoms. The summed E-state index contributed by atoms with van der Waals surface area (Å²) in [5.41, 5.74) is 2.39. The van der Waals surface area contributed by atoms with E-state index in [1.54, 1.807) is 0 Å². The van der Waals surface area contributed by atoms with E-state index >= 15 is 0 Å². The maximum Gasteiger partial charge on any atom is 0.132 e. The third-order valence-corrected chi connectivity index (χ3v) is 2.40. The van der Waals surface area contributed by atoms with Gasteiger partial charge in [-0.05, 0) is 31.4 Å². The average molecular weight is 234 g/mol. The fourth-order valence-corrected chi connectivity index (χ4v) is 1.63. The number of aryl methyl sites for hydroxylation is 1. The molecule has 1 aromatic heterocycles. The van der Waals surface area contributed by atoms with Crippen LogP contribution in [0.1, 0.15) is 46.1 Å². The second kappa shape index (κ2) is 8.80. The van der Waals surface area contributed by atoms with Crippen molar-refractivity contribution in [2.45, 2.75) is 47.5 Å². The van der Waals surface area contributed by atoms with Crippen molar-refractivity contribution in [3.8, 4) is 0 Å². The van der Waals surface area contributed by atoms with Gasteiger partial charge < -0.3 is 4.90 Å². The SMILES string of the molecule is C=C1CCCN1c1ccc(C)cn1.CC.CC. The molecule has 2 heterocycles. The van der Waals surface area contributed by atoms with Crippen molar-refractivity contribution in [1.29, 1.82) is 0 Å². The van der Waals surface area contributed by atoms with Gasteiger partial charge in [-0.3, -0.25) is 0 Å². The smallest absolute Gasteiger partial charge is 0.132 e. The largest absolute Gasteiger partial charge is 0.331 e. The van der Waals surface area contributed by atoms with Crippen molar-refractivity contribution in [2.75, 3.05) is 11.4 Å². The van der Waals surface area contributed by atoms with E-state index in [-0.39, 0.29) is 0 Å². The molecule has 0 saturated carbocycles. The number of anilines is 1. The molecule has 2 rings (SSSR count). The minimum Gasteiger partial charge on any atom is -0.331 e. The predicted octanol–water partition coefficient (Wildman–Crippen LogP) is 4.56. The Morgan fingerprint density at radius 3 is 2.24 bits per heavy atom. The average Bonchev–Trinajstić information content (AvgIpc) is 2.82. The monoisotopic (exact) mass is 234 g/mol. The second-order valence-electron chi connectivity index (χ2n) is 3.52. The van der Waals surface area contributed by atoms with Crippen molar-refractivity contribution in [1.82, 2.24) is 4.98 Å². The second-order valence-corrected chi connectivity index (χ2v) is 3.52. The molecule has 0 N–H and O–H groups in total. The van der Waals surface area contributed by atoms with Gasteiger partial charge in [0.2, 0.25) is 0 Å². The molecule has 1 aliphatic heterocycles. The molecule has 0 spiro atoms. The van der Waals surface area contributed by atoms with Gasteiger partial charge in [-0.25, -0.2) is 4.98 Å². The van der Waals surface area contributed by atoms with E-state index < -0.39 is 0 Å². The highest BCUT2D eigenvalue weighted by Crippen LogP contribution is 2.24.